The minimum atomic E-state index is -5.08. The molecular formula is C24H28F3N5O8. The third kappa shape index (κ3) is 13.2. The molecule has 1 heterocycles. The Labute approximate surface area is 225 Å². The second-order valence-corrected chi connectivity index (χ2v) is 8.20. The van der Waals surface area contributed by atoms with Crippen molar-refractivity contribution in [3.05, 3.63) is 63.8 Å². The molecule has 0 aliphatic heterocycles. The Balaban J connectivity index is 0.00000101. The molecule has 5 N–H and O–H groups in total. The van der Waals surface area contributed by atoms with Crippen LogP contribution >= 0.6 is 0 Å². The summed E-state index contributed by atoms with van der Waals surface area (Å²) in [4.78, 5) is 59.1. The number of aliphatic carboxylic acids is 2. The fourth-order valence-electron chi connectivity index (χ4n) is 3.07. The van der Waals surface area contributed by atoms with Crippen LogP contribution in [-0.4, -0.2) is 63.1 Å². The smallest absolute Gasteiger partial charge is 0.481 e. The lowest BCUT2D eigenvalue weighted by Gasteiger charge is -2.18. The summed E-state index contributed by atoms with van der Waals surface area (Å²) < 4.78 is 31.7. The molecule has 16 heteroatoms. The molecule has 1 atom stereocenters. The van der Waals surface area contributed by atoms with E-state index in [0.29, 0.717) is 24.1 Å². The van der Waals surface area contributed by atoms with Gasteiger partial charge in [-0.05, 0) is 37.5 Å². The third-order valence-corrected chi connectivity index (χ3v) is 5.04. The summed E-state index contributed by atoms with van der Waals surface area (Å²) in [5, 5.41) is 35.6. The number of aryl methyl sites for hydroxylation is 1. The van der Waals surface area contributed by atoms with Crippen molar-refractivity contribution in [2.24, 2.45) is 0 Å². The predicted octanol–water partition coefficient (Wildman–Crippen LogP) is 2.96. The lowest BCUT2D eigenvalue weighted by molar-refractivity contribution is -0.385. The van der Waals surface area contributed by atoms with Gasteiger partial charge in [0.1, 0.15) is 5.82 Å². The van der Waals surface area contributed by atoms with Gasteiger partial charge in [0.05, 0.1) is 23.9 Å². The van der Waals surface area contributed by atoms with E-state index in [-0.39, 0.29) is 24.6 Å². The maximum Gasteiger partial charge on any atom is 0.490 e. The monoisotopic (exact) mass is 571 g/mol. The van der Waals surface area contributed by atoms with E-state index >= 15 is 0 Å². The summed E-state index contributed by atoms with van der Waals surface area (Å²) in [6, 6.07) is 8.85. The molecule has 0 bridgehead atoms. The van der Waals surface area contributed by atoms with Crippen molar-refractivity contribution in [2.75, 3.05) is 18.4 Å². The van der Waals surface area contributed by atoms with Crippen LogP contribution in [-0.2, 0) is 19.2 Å². The van der Waals surface area contributed by atoms with Crippen LogP contribution in [0.1, 0.15) is 42.9 Å². The molecule has 0 saturated heterocycles. The number of carbonyl (C=O) groups is 4. The molecule has 0 aliphatic carbocycles. The summed E-state index contributed by atoms with van der Waals surface area (Å²) in [6.45, 7) is 1.90. The number of carboxylic acid groups (broad SMARTS) is 2. The predicted molar refractivity (Wildman–Crippen MR) is 134 cm³/mol. The van der Waals surface area contributed by atoms with E-state index in [9.17, 15) is 37.7 Å². The molecule has 13 nitrogen and oxygen atoms in total. The summed E-state index contributed by atoms with van der Waals surface area (Å²) >= 11 is 0. The third-order valence-electron chi connectivity index (χ3n) is 5.04. The standard InChI is InChI=1S/C22H27N5O6.C2HF3O2/c1-15-8-9-16(12-18(15)27(32)33)17(13-22(30)31)26-21(29)14-25-20(28)7-3-5-11-24-19-6-2-4-10-23-19;3-2(4,5)1(6)7/h2,4,6,8-10,12,17H,3,5,7,11,13-14H2,1H3,(H,23,24)(H,25,28)(H,26,29)(H,30,31);(H,6,7). The van der Waals surface area contributed by atoms with Crippen molar-refractivity contribution >= 4 is 35.3 Å². The Bertz CT molecular complexity index is 1180. The van der Waals surface area contributed by atoms with Gasteiger partial charge in [-0.3, -0.25) is 24.5 Å². The molecule has 40 heavy (non-hydrogen) atoms. The number of rotatable bonds is 13. The molecule has 0 aliphatic rings. The Kier molecular flexibility index (Phi) is 13.5. The number of nitrogens with one attached hydrogen (secondary N) is 3. The average Bonchev–Trinajstić information content (AvgIpc) is 2.87. The van der Waals surface area contributed by atoms with Gasteiger partial charge in [-0.2, -0.15) is 13.2 Å². The van der Waals surface area contributed by atoms with Gasteiger partial charge in [-0.25, -0.2) is 9.78 Å². The highest BCUT2D eigenvalue weighted by atomic mass is 19.4. The summed E-state index contributed by atoms with van der Waals surface area (Å²) in [7, 11) is 0. The summed E-state index contributed by atoms with van der Waals surface area (Å²) in [6.07, 6.45) is -2.27. The van der Waals surface area contributed by atoms with Crippen LogP contribution in [0.25, 0.3) is 0 Å². The quantitative estimate of drug-likeness (QED) is 0.135. The van der Waals surface area contributed by atoms with Gasteiger partial charge in [0.15, 0.2) is 0 Å². The lowest BCUT2D eigenvalue weighted by atomic mass is 10.0. The number of amides is 2. The van der Waals surface area contributed by atoms with E-state index in [1.54, 1.807) is 13.1 Å². The van der Waals surface area contributed by atoms with E-state index in [4.69, 9.17) is 15.0 Å². The number of halogens is 3. The first-order valence-electron chi connectivity index (χ1n) is 11.7. The lowest BCUT2D eigenvalue weighted by Crippen LogP contribution is -2.39. The van der Waals surface area contributed by atoms with Crippen LogP contribution in [0.15, 0.2) is 42.6 Å². The molecule has 2 amide bonds. The average molecular weight is 572 g/mol. The Morgan fingerprint density at radius 1 is 1.07 bits per heavy atom. The number of carbonyl (C=O) groups excluding carboxylic acids is 2. The van der Waals surface area contributed by atoms with Crippen molar-refractivity contribution in [3.8, 4) is 0 Å². The fourth-order valence-corrected chi connectivity index (χ4v) is 3.07. The van der Waals surface area contributed by atoms with Crippen molar-refractivity contribution in [3.63, 3.8) is 0 Å². The first-order chi connectivity index (χ1) is 18.7. The SMILES string of the molecule is Cc1ccc(C(CC(=O)O)NC(=O)CNC(=O)CCCCNc2ccccn2)cc1[N+](=O)[O-].O=C(O)C(F)(F)F. The number of nitrogens with zero attached hydrogens (tertiary/aromatic N) is 2. The molecule has 218 valence electrons. The van der Waals surface area contributed by atoms with Gasteiger partial charge in [0.25, 0.3) is 5.69 Å². The van der Waals surface area contributed by atoms with Crippen molar-refractivity contribution in [2.45, 2.75) is 44.8 Å². The molecule has 0 radical (unpaired) electrons. The topological polar surface area (TPSA) is 201 Å². The zero-order valence-electron chi connectivity index (χ0n) is 21.2. The minimum Gasteiger partial charge on any atom is -0.481 e. The molecule has 1 unspecified atom stereocenters. The highest BCUT2D eigenvalue weighted by Gasteiger charge is 2.38. The molecule has 2 rings (SSSR count). The van der Waals surface area contributed by atoms with Crippen molar-refractivity contribution in [1.82, 2.24) is 15.6 Å². The second-order valence-electron chi connectivity index (χ2n) is 8.20. The first-order valence-corrected chi connectivity index (χ1v) is 11.7. The number of hydrogen-bond donors (Lipinski definition) is 5. The molecule has 1 aromatic heterocycles. The normalized spacial score (nSPS) is 11.3. The number of pyridine rings is 1. The molecule has 0 fully saturated rings. The van der Waals surface area contributed by atoms with Gasteiger partial charge >= 0.3 is 18.1 Å². The number of hydrogen-bond acceptors (Lipinski definition) is 8. The van der Waals surface area contributed by atoms with Gasteiger partial charge in [0.2, 0.25) is 11.8 Å². The van der Waals surface area contributed by atoms with Gasteiger partial charge < -0.3 is 26.2 Å². The summed E-state index contributed by atoms with van der Waals surface area (Å²) in [5.74, 6) is -4.06. The number of aromatic nitrogens is 1. The molecule has 1 aromatic carbocycles. The van der Waals surface area contributed by atoms with Crippen LogP contribution in [0, 0.1) is 17.0 Å². The maximum absolute atomic E-state index is 12.3. The largest absolute Gasteiger partial charge is 0.490 e. The number of alkyl halides is 3. The van der Waals surface area contributed by atoms with Crippen LogP contribution < -0.4 is 16.0 Å². The van der Waals surface area contributed by atoms with Crippen LogP contribution in [0.2, 0.25) is 0 Å². The highest BCUT2D eigenvalue weighted by molar-refractivity contribution is 5.85. The number of nitro benzene ring substituents is 1. The summed E-state index contributed by atoms with van der Waals surface area (Å²) in [5.41, 5.74) is 0.560. The molecule has 0 spiro atoms. The fraction of sp³-hybridized carbons (Fsp3) is 0.375. The number of anilines is 1. The van der Waals surface area contributed by atoms with E-state index in [0.717, 1.165) is 12.2 Å². The number of unbranched alkanes of at least 4 members (excludes halogenated alkanes) is 1. The number of nitro groups is 1. The number of benzene rings is 1. The molecule has 2 aromatic rings. The van der Waals surface area contributed by atoms with Crippen LogP contribution in [0.3, 0.4) is 0 Å². The van der Waals surface area contributed by atoms with E-state index in [1.165, 1.54) is 18.2 Å². The Morgan fingerprint density at radius 3 is 2.30 bits per heavy atom. The Morgan fingerprint density at radius 2 is 1.75 bits per heavy atom. The molecule has 0 saturated carbocycles. The second kappa shape index (κ2) is 16.3. The highest BCUT2D eigenvalue weighted by Crippen LogP contribution is 2.25. The van der Waals surface area contributed by atoms with E-state index < -0.39 is 41.4 Å². The first kappa shape index (κ1) is 33.3. The zero-order chi connectivity index (χ0) is 30.3. The van der Waals surface area contributed by atoms with Gasteiger partial charge in [-0.1, -0.05) is 18.2 Å². The van der Waals surface area contributed by atoms with Crippen molar-refractivity contribution < 1.29 is 47.5 Å². The van der Waals surface area contributed by atoms with Gasteiger partial charge in [-0.15, -0.1) is 0 Å². The Hall–Kier alpha value is -4.76. The maximum atomic E-state index is 12.3. The van der Waals surface area contributed by atoms with E-state index in [2.05, 4.69) is 20.9 Å². The molecular weight excluding hydrogens is 543 g/mol. The van der Waals surface area contributed by atoms with Crippen LogP contribution in [0.5, 0.6) is 0 Å². The number of carboxylic acids is 2. The van der Waals surface area contributed by atoms with E-state index in [1.807, 2.05) is 18.2 Å². The zero-order valence-corrected chi connectivity index (χ0v) is 21.2. The minimum absolute atomic E-state index is 0.164. The van der Waals surface area contributed by atoms with Gasteiger partial charge in [0, 0.05) is 30.8 Å². The van der Waals surface area contributed by atoms with Crippen molar-refractivity contribution in [1.29, 1.82) is 0 Å². The van der Waals surface area contributed by atoms with Crippen LogP contribution in [0.4, 0.5) is 24.7 Å².